The van der Waals surface area contributed by atoms with Gasteiger partial charge in [0, 0.05) is 31.5 Å². The van der Waals surface area contributed by atoms with Crippen molar-refractivity contribution >= 4 is 5.91 Å². The first kappa shape index (κ1) is 13.2. The third-order valence-electron chi connectivity index (χ3n) is 2.88. The summed E-state index contributed by atoms with van der Waals surface area (Å²) in [5.74, 6) is -0.574. The lowest BCUT2D eigenvalue weighted by atomic mass is 10.1. The Morgan fingerprint density at radius 3 is 2.84 bits per heavy atom. The molecule has 19 heavy (non-hydrogen) atoms. The Morgan fingerprint density at radius 2 is 2.16 bits per heavy atom. The minimum atomic E-state index is -0.397. The number of nitrogens with zero attached hydrogens (tertiary/aromatic N) is 2. The van der Waals surface area contributed by atoms with Crippen LogP contribution in [0.4, 0.5) is 4.39 Å². The van der Waals surface area contributed by atoms with Crippen LogP contribution in [0.3, 0.4) is 0 Å². The van der Waals surface area contributed by atoms with E-state index in [0.717, 1.165) is 12.0 Å². The number of carbonyl (C=O) groups excluding carboxylic acids is 1. The number of carbonyl (C=O) groups is 1. The van der Waals surface area contributed by atoms with Crippen molar-refractivity contribution in [1.29, 1.82) is 0 Å². The van der Waals surface area contributed by atoms with Gasteiger partial charge >= 0.3 is 0 Å². The van der Waals surface area contributed by atoms with Crippen LogP contribution in [0, 0.1) is 5.82 Å². The molecule has 0 N–H and O–H groups in total. The summed E-state index contributed by atoms with van der Waals surface area (Å²) >= 11 is 0. The summed E-state index contributed by atoms with van der Waals surface area (Å²) in [5.41, 5.74) is 1.44. The van der Waals surface area contributed by atoms with Gasteiger partial charge in [0.05, 0.1) is 0 Å². The van der Waals surface area contributed by atoms with Crippen LogP contribution in [0.15, 0.2) is 48.8 Å². The first-order chi connectivity index (χ1) is 9.16. The molecule has 98 valence electrons. The molecule has 0 unspecified atom stereocenters. The monoisotopic (exact) mass is 258 g/mol. The fourth-order valence-corrected chi connectivity index (χ4v) is 1.79. The zero-order valence-electron chi connectivity index (χ0n) is 10.7. The van der Waals surface area contributed by atoms with E-state index in [4.69, 9.17) is 0 Å². The number of aromatic nitrogens is 1. The summed E-state index contributed by atoms with van der Waals surface area (Å²) in [6, 6.07) is 9.57. The lowest BCUT2D eigenvalue weighted by Crippen LogP contribution is -2.28. The molecule has 1 aromatic heterocycles. The highest BCUT2D eigenvalue weighted by Crippen LogP contribution is 2.07. The van der Waals surface area contributed by atoms with Crippen molar-refractivity contribution < 1.29 is 9.18 Å². The van der Waals surface area contributed by atoms with Crippen molar-refractivity contribution in [3.63, 3.8) is 0 Å². The highest BCUT2D eigenvalue weighted by molar-refractivity contribution is 5.94. The van der Waals surface area contributed by atoms with Gasteiger partial charge in [-0.05, 0) is 36.2 Å². The normalized spacial score (nSPS) is 10.2. The van der Waals surface area contributed by atoms with Crippen LogP contribution >= 0.6 is 0 Å². The summed E-state index contributed by atoms with van der Waals surface area (Å²) in [7, 11) is 1.71. The van der Waals surface area contributed by atoms with Gasteiger partial charge in [-0.15, -0.1) is 0 Å². The molecule has 2 aromatic rings. The molecule has 1 aromatic carbocycles. The summed E-state index contributed by atoms with van der Waals surface area (Å²) in [6.07, 6.45) is 4.22. The molecule has 0 bridgehead atoms. The number of amides is 1. The molecular weight excluding hydrogens is 243 g/mol. The molecule has 0 radical (unpaired) electrons. The third-order valence-corrected chi connectivity index (χ3v) is 2.88. The van der Waals surface area contributed by atoms with Crippen LogP contribution in [-0.4, -0.2) is 29.4 Å². The minimum Gasteiger partial charge on any atom is -0.341 e. The van der Waals surface area contributed by atoms with E-state index >= 15 is 0 Å². The molecule has 0 spiro atoms. The molecule has 0 aliphatic heterocycles. The topological polar surface area (TPSA) is 33.2 Å². The molecule has 2 rings (SSSR count). The van der Waals surface area contributed by atoms with E-state index in [2.05, 4.69) is 4.98 Å². The van der Waals surface area contributed by atoms with Crippen molar-refractivity contribution in [2.75, 3.05) is 13.6 Å². The van der Waals surface area contributed by atoms with E-state index in [9.17, 15) is 9.18 Å². The standard InChI is InChI=1S/C15H15FN2O/c1-18(9-7-12-4-3-8-17-11-12)15(19)13-5-2-6-14(16)10-13/h2-6,8,10-11H,7,9H2,1H3. The summed E-state index contributed by atoms with van der Waals surface area (Å²) < 4.78 is 13.1. The fourth-order valence-electron chi connectivity index (χ4n) is 1.79. The quantitative estimate of drug-likeness (QED) is 0.844. The molecule has 1 heterocycles. The second-order valence-corrected chi connectivity index (χ2v) is 4.35. The van der Waals surface area contributed by atoms with Gasteiger partial charge in [0.15, 0.2) is 0 Å². The minimum absolute atomic E-state index is 0.177. The van der Waals surface area contributed by atoms with E-state index < -0.39 is 5.82 Å². The number of benzene rings is 1. The maximum absolute atomic E-state index is 13.1. The van der Waals surface area contributed by atoms with Crippen LogP contribution in [-0.2, 0) is 6.42 Å². The maximum atomic E-state index is 13.1. The number of likely N-dealkylation sites (N-methyl/N-ethyl adjacent to an activating group) is 1. The van der Waals surface area contributed by atoms with E-state index in [0.29, 0.717) is 12.1 Å². The van der Waals surface area contributed by atoms with Gasteiger partial charge < -0.3 is 4.90 Å². The van der Waals surface area contributed by atoms with Crippen LogP contribution < -0.4 is 0 Å². The smallest absolute Gasteiger partial charge is 0.253 e. The largest absolute Gasteiger partial charge is 0.341 e. The van der Waals surface area contributed by atoms with E-state index in [1.807, 2.05) is 12.1 Å². The second kappa shape index (κ2) is 6.09. The molecular formula is C15H15FN2O. The predicted octanol–water partition coefficient (Wildman–Crippen LogP) is 2.54. The molecule has 0 aliphatic rings. The molecule has 0 saturated carbocycles. The van der Waals surface area contributed by atoms with Crippen molar-refractivity contribution in [3.8, 4) is 0 Å². The summed E-state index contributed by atoms with van der Waals surface area (Å²) in [6.45, 7) is 0.570. The van der Waals surface area contributed by atoms with E-state index in [1.165, 1.54) is 18.2 Å². The third kappa shape index (κ3) is 3.61. The van der Waals surface area contributed by atoms with Crippen LogP contribution in [0.25, 0.3) is 0 Å². The highest BCUT2D eigenvalue weighted by Gasteiger charge is 2.11. The molecule has 3 nitrogen and oxygen atoms in total. The van der Waals surface area contributed by atoms with Crippen molar-refractivity contribution in [2.45, 2.75) is 6.42 Å². The van der Waals surface area contributed by atoms with Gasteiger partial charge in [0.25, 0.3) is 5.91 Å². The summed E-state index contributed by atoms with van der Waals surface area (Å²) in [5, 5.41) is 0. The average Bonchev–Trinajstić information content (AvgIpc) is 2.45. The lowest BCUT2D eigenvalue weighted by molar-refractivity contribution is 0.0796. The van der Waals surface area contributed by atoms with Crippen LogP contribution in [0.1, 0.15) is 15.9 Å². The van der Waals surface area contributed by atoms with Crippen molar-refractivity contribution in [1.82, 2.24) is 9.88 Å². The Hall–Kier alpha value is -2.23. The maximum Gasteiger partial charge on any atom is 0.253 e. The van der Waals surface area contributed by atoms with E-state index in [-0.39, 0.29) is 5.91 Å². The van der Waals surface area contributed by atoms with E-state index in [1.54, 1.807) is 30.4 Å². The molecule has 0 aliphatic carbocycles. The van der Waals surface area contributed by atoms with Gasteiger partial charge in [0.1, 0.15) is 5.82 Å². The molecule has 0 saturated heterocycles. The van der Waals surface area contributed by atoms with Crippen molar-refractivity contribution in [3.05, 3.63) is 65.7 Å². The number of pyridine rings is 1. The second-order valence-electron chi connectivity index (χ2n) is 4.35. The van der Waals surface area contributed by atoms with Gasteiger partial charge in [-0.25, -0.2) is 4.39 Å². The van der Waals surface area contributed by atoms with Gasteiger partial charge in [-0.2, -0.15) is 0 Å². The SMILES string of the molecule is CN(CCc1cccnc1)C(=O)c1cccc(F)c1. The highest BCUT2D eigenvalue weighted by atomic mass is 19.1. The Bertz CT molecular complexity index is 557. The fraction of sp³-hybridized carbons (Fsp3) is 0.200. The summed E-state index contributed by atoms with van der Waals surface area (Å²) in [4.78, 5) is 17.7. The van der Waals surface area contributed by atoms with Crippen molar-refractivity contribution in [2.24, 2.45) is 0 Å². The first-order valence-electron chi connectivity index (χ1n) is 6.07. The Balaban J connectivity index is 1.96. The van der Waals surface area contributed by atoms with Gasteiger partial charge in [-0.1, -0.05) is 12.1 Å². The Morgan fingerprint density at radius 1 is 1.32 bits per heavy atom. The molecule has 0 fully saturated rings. The number of hydrogen-bond donors (Lipinski definition) is 0. The first-order valence-corrected chi connectivity index (χ1v) is 6.07. The zero-order chi connectivity index (χ0) is 13.7. The zero-order valence-corrected chi connectivity index (χ0v) is 10.7. The Labute approximate surface area is 111 Å². The lowest BCUT2D eigenvalue weighted by Gasteiger charge is -2.17. The molecule has 0 atom stereocenters. The Kier molecular flexibility index (Phi) is 4.23. The van der Waals surface area contributed by atoms with Gasteiger partial charge in [0.2, 0.25) is 0 Å². The van der Waals surface area contributed by atoms with Gasteiger partial charge in [-0.3, -0.25) is 9.78 Å². The number of halogens is 1. The predicted molar refractivity (Wildman–Crippen MR) is 71.3 cm³/mol. The number of rotatable bonds is 4. The molecule has 1 amide bonds. The number of hydrogen-bond acceptors (Lipinski definition) is 2. The average molecular weight is 258 g/mol. The van der Waals surface area contributed by atoms with Crippen LogP contribution in [0.5, 0.6) is 0 Å². The molecule has 4 heteroatoms. The van der Waals surface area contributed by atoms with Crippen LogP contribution in [0.2, 0.25) is 0 Å².